The molecular weight excluding hydrogens is 380 g/mol. The summed E-state index contributed by atoms with van der Waals surface area (Å²) in [5, 5.41) is 4.56. The van der Waals surface area contributed by atoms with E-state index in [-0.39, 0.29) is 6.10 Å². The molecule has 1 aromatic rings. The minimum atomic E-state index is -3.16. The molecule has 5 unspecified atom stereocenters. The summed E-state index contributed by atoms with van der Waals surface area (Å²) in [6.45, 7) is 1.80. The fourth-order valence-electron chi connectivity index (χ4n) is 4.79. The third-order valence-corrected chi connectivity index (χ3v) is 8.84. The van der Waals surface area contributed by atoms with Gasteiger partial charge in [-0.1, -0.05) is 12.1 Å². The van der Waals surface area contributed by atoms with Crippen LogP contribution in [0.1, 0.15) is 37.2 Å². The number of benzene rings is 1. The van der Waals surface area contributed by atoms with E-state index in [0.717, 1.165) is 24.6 Å². The standard InChI is InChI=1S/C20H30N2O3S2/c1-22-19(21-12-15-4-3-11-26-15)10-9-18-20(22)17(13-25-18)14-5-7-16(8-6-14)27(2,23)24/h5-8,15,17-21H,3-4,9-13H2,1-2H3. The molecule has 5 nitrogen and oxygen atoms in total. The highest BCUT2D eigenvalue weighted by Crippen LogP contribution is 2.39. The molecule has 1 aromatic carbocycles. The van der Waals surface area contributed by atoms with Crippen molar-refractivity contribution in [2.45, 2.75) is 60.1 Å². The molecule has 0 saturated carbocycles. The first-order valence-electron chi connectivity index (χ1n) is 9.92. The minimum Gasteiger partial charge on any atom is -0.376 e. The lowest BCUT2D eigenvalue weighted by Gasteiger charge is -2.43. The zero-order valence-electron chi connectivity index (χ0n) is 16.1. The monoisotopic (exact) mass is 410 g/mol. The zero-order valence-corrected chi connectivity index (χ0v) is 17.8. The first kappa shape index (κ1) is 19.7. The van der Waals surface area contributed by atoms with Crippen LogP contribution in [0, 0.1) is 0 Å². The number of likely N-dealkylation sites (N-methyl/N-ethyl adjacent to an activating group) is 1. The fraction of sp³-hybridized carbons (Fsp3) is 0.700. The van der Waals surface area contributed by atoms with Gasteiger partial charge >= 0.3 is 0 Å². The number of likely N-dealkylation sites (tertiary alicyclic amines) is 1. The van der Waals surface area contributed by atoms with E-state index in [4.69, 9.17) is 4.74 Å². The van der Waals surface area contributed by atoms with Gasteiger partial charge in [0.2, 0.25) is 0 Å². The lowest BCUT2D eigenvalue weighted by molar-refractivity contribution is 0.000661. The highest BCUT2D eigenvalue weighted by molar-refractivity contribution is 8.00. The third kappa shape index (κ3) is 4.22. The Kier molecular flexibility index (Phi) is 5.86. The Morgan fingerprint density at radius 2 is 2.00 bits per heavy atom. The van der Waals surface area contributed by atoms with Gasteiger partial charge in [-0.05, 0) is 56.2 Å². The first-order valence-corrected chi connectivity index (χ1v) is 12.9. The van der Waals surface area contributed by atoms with Crippen LogP contribution in [-0.4, -0.2) is 69.1 Å². The van der Waals surface area contributed by atoms with E-state index in [2.05, 4.69) is 29.0 Å². The summed E-state index contributed by atoms with van der Waals surface area (Å²) in [7, 11) is -0.944. The number of hydrogen-bond acceptors (Lipinski definition) is 6. The van der Waals surface area contributed by atoms with Gasteiger partial charge in [0, 0.05) is 30.0 Å². The van der Waals surface area contributed by atoms with Crippen molar-refractivity contribution in [1.29, 1.82) is 0 Å². The second-order valence-electron chi connectivity index (χ2n) is 8.11. The van der Waals surface area contributed by atoms with Crippen molar-refractivity contribution in [1.82, 2.24) is 10.2 Å². The molecule has 1 N–H and O–H groups in total. The molecule has 3 aliphatic heterocycles. The predicted octanol–water partition coefficient (Wildman–Crippen LogP) is 2.48. The highest BCUT2D eigenvalue weighted by Gasteiger charge is 2.45. The molecule has 3 saturated heterocycles. The van der Waals surface area contributed by atoms with Gasteiger partial charge in [0.1, 0.15) is 0 Å². The number of thioether (sulfide) groups is 1. The van der Waals surface area contributed by atoms with E-state index in [9.17, 15) is 8.42 Å². The molecule has 3 heterocycles. The summed E-state index contributed by atoms with van der Waals surface area (Å²) in [6.07, 6.45) is 6.81. The number of ether oxygens (including phenoxy) is 1. The number of fused-ring (bicyclic) bond motifs is 1. The van der Waals surface area contributed by atoms with E-state index >= 15 is 0 Å². The van der Waals surface area contributed by atoms with Gasteiger partial charge in [0.05, 0.1) is 23.8 Å². The third-order valence-electron chi connectivity index (χ3n) is 6.31. The lowest BCUT2D eigenvalue weighted by Crippen LogP contribution is -2.57. The fourth-order valence-corrected chi connectivity index (χ4v) is 6.64. The van der Waals surface area contributed by atoms with Crippen LogP contribution in [0.2, 0.25) is 0 Å². The summed E-state index contributed by atoms with van der Waals surface area (Å²) in [5.41, 5.74) is 1.17. The molecule has 0 aromatic heterocycles. The summed E-state index contributed by atoms with van der Waals surface area (Å²) in [6, 6.07) is 7.73. The van der Waals surface area contributed by atoms with Crippen LogP contribution in [0.5, 0.6) is 0 Å². The molecule has 4 rings (SSSR count). The lowest BCUT2D eigenvalue weighted by atomic mass is 9.85. The topological polar surface area (TPSA) is 58.6 Å². The van der Waals surface area contributed by atoms with Crippen LogP contribution in [0.3, 0.4) is 0 Å². The average Bonchev–Trinajstić information content (AvgIpc) is 3.30. The second kappa shape index (κ2) is 8.03. The van der Waals surface area contributed by atoms with Crippen LogP contribution in [0.4, 0.5) is 0 Å². The SMILES string of the molecule is CN1C(NCC2CCCS2)CCC2OCC(c3ccc(S(C)(=O)=O)cc3)C21. The molecule has 0 amide bonds. The molecule has 0 aliphatic carbocycles. The quantitative estimate of drug-likeness (QED) is 0.805. The van der Waals surface area contributed by atoms with Crippen molar-refractivity contribution in [2.75, 3.05) is 32.2 Å². The molecule has 0 bridgehead atoms. The molecule has 3 fully saturated rings. The Labute approximate surface area is 167 Å². The van der Waals surface area contributed by atoms with Gasteiger partial charge in [-0.15, -0.1) is 0 Å². The van der Waals surface area contributed by atoms with Gasteiger partial charge < -0.3 is 10.1 Å². The van der Waals surface area contributed by atoms with E-state index < -0.39 is 9.84 Å². The Balaban J connectivity index is 1.45. The first-order chi connectivity index (χ1) is 12.9. The van der Waals surface area contributed by atoms with Gasteiger partial charge in [0.15, 0.2) is 9.84 Å². The Hall–Kier alpha value is -0.600. The van der Waals surface area contributed by atoms with Crippen molar-refractivity contribution in [3.05, 3.63) is 29.8 Å². The van der Waals surface area contributed by atoms with Crippen LogP contribution in [0.25, 0.3) is 0 Å². The maximum Gasteiger partial charge on any atom is 0.175 e. The van der Waals surface area contributed by atoms with E-state index in [1.807, 2.05) is 12.1 Å². The number of sulfone groups is 1. The van der Waals surface area contributed by atoms with Crippen molar-refractivity contribution >= 4 is 21.6 Å². The van der Waals surface area contributed by atoms with Crippen LogP contribution >= 0.6 is 11.8 Å². The zero-order chi connectivity index (χ0) is 19.0. The molecule has 27 heavy (non-hydrogen) atoms. The second-order valence-corrected chi connectivity index (χ2v) is 11.5. The molecule has 3 aliphatic rings. The largest absolute Gasteiger partial charge is 0.376 e. The van der Waals surface area contributed by atoms with Crippen LogP contribution in [-0.2, 0) is 14.6 Å². The number of piperidine rings is 1. The van der Waals surface area contributed by atoms with Crippen LogP contribution < -0.4 is 5.32 Å². The van der Waals surface area contributed by atoms with Crippen LogP contribution in [0.15, 0.2) is 29.2 Å². The molecule has 7 heteroatoms. The van der Waals surface area contributed by atoms with Crippen molar-refractivity contribution in [2.24, 2.45) is 0 Å². The molecule has 0 spiro atoms. The smallest absolute Gasteiger partial charge is 0.175 e. The molecule has 5 atom stereocenters. The van der Waals surface area contributed by atoms with E-state index in [0.29, 0.717) is 29.6 Å². The predicted molar refractivity (Wildman–Crippen MR) is 110 cm³/mol. The molecule has 0 radical (unpaired) electrons. The maximum atomic E-state index is 11.7. The van der Waals surface area contributed by atoms with Crippen molar-refractivity contribution < 1.29 is 13.2 Å². The Morgan fingerprint density at radius 3 is 2.67 bits per heavy atom. The van der Waals surface area contributed by atoms with Gasteiger partial charge in [0.25, 0.3) is 0 Å². The number of nitrogens with one attached hydrogen (secondary N) is 1. The highest BCUT2D eigenvalue weighted by atomic mass is 32.2. The maximum absolute atomic E-state index is 11.7. The molecular formula is C20H30N2O3S2. The normalized spacial score (nSPS) is 34.7. The van der Waals surface area contributed by atoms with Gasteiger partial charge in [-0.25, -0.2) is 8.42 Å². The Morgan fingerprint density at radius 1 is 1.22 bits per heavy atom. The number of nitrogens with zero attached hydrogens (tertiary/aromatic N) is 1. The van der Waals surface area contributed by atoms with Gasteiger partial charge in [-0.3, -0.25) is 4.90 Å². The number of hydrogen-bond donors (Lipinski definition) is 1. The summed E-state index contributed by atoms with van der Waals surface area (Å²) in [4.78, 5) is 2.85. The summed E-state index contributed by atoms with van der Waals surface area (Å²) >= 11 is 2.10. The van der Waals surface area contributed by atoms with E-state index in [1.165, 1.54) is 30.4 Å². The average molecular weight is 411 g/mol. The Bertz CT molecular complexity index is 747. The minimum absolute atomic E-state index is 0.272. The van der Waals surface area contributed by atoms with Gasteiger partial charge in [-0.2, -0.15) is 11.8 Å². The summed E-state index contributed by atoms with van der Waals surface area (Å²) < 4.78 is 29.6. The van der Waals surface area contributed by atoms with Crippen molar-refractivity contribution in [3.8, 4) is 0 Å². The van der Waals surface area contributed by atoms with Crippen molar-refractivity contribution in [3.63, 3.8) is 0 Å². The number of rotatable bonds is 5. The van der Waals surface area contributed by atoms with E-state index in [1.54, 1.807) is 12.1 Å². The molecule has 150 valence electrons. The summed E-state index contributed by atoms with van der Waals surface area (Å²) in [5.74, 6) is 1.59.